The molecule has 5 heteroatoms. The fourth-order valence-electron chi connectivity index (χ4n) is 1.35. The number of ether oxygens (including phenoxy) is 1. The van der Waals surface area contributed by atoms with Gasteiger partial charge in [0.2, 0.25) is 5.88 Å². The van der Waals surface area contributed by atoms with Gasteiger partial charge in [-0.1, -0.05) is 17.3 Å². The highest BCUT2D eigenvalue weighted by Gasteiger charge is 2.09. The van der Waals surface area contributed by atoms with E-state index in [1.165, 1.54) is 7.11 Å². The van der Waals surface area contributed by atoms with Crippen molar-refractivity contribution in [2.24, 2.45) is 0 Å². The van der Waals surface area contributed by atoms with Crippen molar-refractivity contribution < 1.29 is 14.1 Å². The van der Waals surface area contributed by atoms with Crippen LogP contribution >= 0.6 is 0 Å². The second-order valence-corrected chi connectivity index (χ2v) is 3.19. The molecule has 0 saturated heterocycles. The van der Waals surface area contributed by atoms with Gasteiger partial charge in [0.05, 0.1) is 12.7 Å². The van der Waals surface area contributed by atoms with E-state index in [9.17, 15) is 4.79 Å². The second kappa shape index (κ2) is 4.06. The Labute approximate surface area is 91.8 Å². The monoisotopic (exact) mass is 218 g/mol. The zero-order valence-corrected chi connectivity index (χ0v) is 8.64. The number of carbonyl (C=O) groups excluding carboxylic acids is 1. The Hall–Kier alpha value is -2.30. The van der Waals surface area contributed by atoms with Crippen LogP contribution in [-0.2, 0) is 4.74 Å². The van der Waals surface area contributed by atoms with Crippen LogP contribution < -0.4 is 5.73 Å². The van der Waals surface area contributed by atoms with E-state index in [0.717, 1.165) is 5.56 Å². The first-order valence-electron chi connectivity index (χ1n) is 4.61. The minimum atomic E-state index is -0.390. The van der Waals surface area contributed by atoms with E-state index in [1.54, 1.807) is 24.3 Å². The van der Waals surface area contributed by atoms with Crippen molar-refractivity contribution >= 4 is 11.9 Å². The van der Waals surface area contributed by atoms with Gasteiger partial charge in [-0.05, 0) is 12.1 Å². The van der Waals surface area contributed by atoms with Crippen molar-refractivity contribution in [2.45, 2.75) is 0 Å². The Morgan fingerprint density at radius 2 is 2.25 bits per heavy atom. The van der Waals surface area contributed by atoms with Gasteiger partial charge in [-0.2, -0.15) is 0 Å². The topological polar surface area (TPSA) is 78.4 Å². The van der Waals surface area contributed by atoms with Gasteiger partial charge in [0.15, 0.2) is 0 Å². The molecule has 2 aromatic rings. The van der Waals surface area contributed by atoms with Gasteiger partial charge < -0.3 is 15.0 Å². The summed E-state index contributed by atoms with van der Waals surface area (Å²) in [6.45, 7) is 0. The van der Waals surface area contributed by atoms with E-state index >= 15 is 0 Å². The molecule has 0 atom stereocenters. The third-order valence-electron chi connectivity index (χ3n) is 2.11. The third kappa shape index (κ3) is 1.88. The van der Waals surface area contributed by atoms with Crippen molar-refractivity contribution in [3.8, 4) is 11.3 Å². The Bertz CT molecular complexity index is 519. The van der Waals surface area contributed by atoms with Crippen LogP contribution in [0.4, 0.5) is 5.88 Å². The number of anilines is 1. The molecule has 16 heavy (non-hydrogen) atoms. The Morgan fingerprint density at radius 3 is 2.88 bits per heavy atom. The lowest BCUT2D eigenvalue weighted by Gasteiger charge is -2.00. The molecule has 0 unspecified atom stereocenters. The molecule has 0 saturated carbocycles. The lowest BCUT2D eigenvalue weighted by atomic mass is 10.1. The summed E-state index contributed by atoms with van der Waals surface area (Å²) in [5.41, 5.74) is 7.22. The number of esters is 1. The minimum Gasteiger partial charge on any atom is -0.465 e. The number of benzene rings is 1. The van der Waals surface area contributed by atoms with E-state index < -0.39 is 5.97 Å². The van der Waals surface area contributed by atoms with Crippen LogP contribution in [0.15, 0.2) is 34.9 Å². The maximum atomic E-state index is 11.3. The molecule has 1 aromatic heterocycles. The molecule has 1 heterocycles. The number of methoxy groups -OCH3 is 1. The SMILES string of the molecule is COC(=O)c1cccc(-c2cc(N)on2)c1. The number of nitrogens with two attached hydrogens (primary N) is 1. The molecule has 0 radical (unpaired) electrons. The van der Waals surface area contributed by atoms with Gasteiger partial charge in [0.1, 0.15) is 5.69 Å². The van der Waals surface area contributed by atoms with Crippen molar-refractivity contribution in [2.75, 3.05) is 12.8 Å². The summed E-state index contributed by atoms with van der Waals surface area (Å²) in [6.07, 6.45) is 0. The molecule has 0 amide bonds. The summed E-state index contributed by atoms with van der Waals surface area (Å²) in [5.74, 6) is -0.156. The van der Waals surface area contributed by atoms with Crippen LogP contribution in [0.1, 0.15) is 10.4 Å². The van der Waals surface area contributed by atoms with Gasteiger partial charge in [0, 0.05) is 11.6 Å². The predicted octanol–water partition coefficient (Wildman–Crippen LogP) is 1.71. The van der Waals surface area contributed by atoms with Crippen LogP contribution in [-0.4, -0.2) is 18.2 Å². The first-order valence-corrected chi connectivity index (χ1v) is 4.61. The fraction of sp³-hybridized carbons (Fsp3) is 0.0909. The summed E-state index contributed by atoms with van der Waals surface area (Å²) in [5, 5.41) is 3.76. The average molecular weight is 218 g/mol. The van der Waals surface area contributed by atoms with Gasteiger partial charge in [0.25, 0.3) is 0 Å². The van der Waals surface area contributed by atoms with Crippen molar-refractivity contribution in [1.29, 1.82) is 0 Å². The molecule has 0 aliphatic rings. The summed E-state index contributed by atoms with van der Waals surface area (Å²) in [4.78, 5) is 11.3. The zero-order chi connectivity index (χ0) is 11.5. The van der Waals surface area contributed by atoms with Gasteiger partial charge >= 0.3 is 5.97 Å². The van der Waals surface area contributed by atoms with E-state index in [4.69, 9.17) is 10.3 Å². The van der Waals surface area contributed by atoms with Crippen LogP contribution in [0.3, 0.4) is 0 Å². The Kier molecular flexibility index (Phi) is 2.59. The maximum Gasteiger partial charge on any atom is 0.337 e. The number of hydrogen-bond donors (Lipinski definition) is 1. The van der Waals surface area contributed by atoms with Crippen LogP contribution in [0.2, 0.25) is 0 Å². The standard InChI is InChI=1S/C11H10N2O3/c1-15-11(14)8-4-2-3-7(5-8)9-6-10(12)16-13-9/h2-6H,12H2,1H3. The third-order valence-corrected chi connectivity index (χ3v) is 2.11. The molecule has 82 valence electrons. The fourth-order valence-corrected chi connectivity index (χ4v) is 1.35. The number of rotatable bonds is 2. The summed E-state index contributed by atoms with van der Waals surface area (Å²) < 4.78 is 9.38. The highest BCUT2D eigenvalue weighted by Crippen LogP contribution is 2.21. The van der Waals surface area contributed by atoms with Gasteiger partial charge in [-0.25, -0.2) is 4.79 Å². The van der Waals surface area contributed by atoms with E-state index in [0.29, 0.717) is 11.3 Å². The molecule has 0 aliphatic carbocycles. The maximum absolute atomic E-state index is 11.3. The van der Waals surface area contributed by atoms with Crippen molar-refractivity contribution in [1.82, 2.24) is 5.16 Å². The Balaban J connectivity index is 2.39. The van der Waals surface area contributed by atoms with Crippen LogP contribution in [0.5, 0.6) is 0 Å². The summed E-state index contributed by atoms with van der Waals surface area (Å²) in [6, 6.07) is 8.48. The second-order valence-electron chi connectivity index (χ2n) is 3.19. The highest BCUT2D eigenvalue weighted by atomic mass is 16.5. The summed E-state index contributed by atoms with van der Waals surface area (Å²) in [7, 11) is 1.34. The number of nitrogen functional groups attached to an aromatic ring is 1. The molecule has 2 N–H and O–H groups in total. The van der Waals surface area contributed by atoms with Gasteiger partial charge in [-0.15, -0.1) is 0 Å². The molecule has 2 rings (SSSR count). The average Bonchev–Trinajstić information content (AvgIpc) is 2.75. The lowest BCUT2D eigenvalue weighted by Crippen LogP contribution is -2.00. The predicted molar refractivity (Wildman–Crippen MR) is 57.7 cm³/mol. The largest absolute Gasteiger partial charge is 0.465 e. The van der Waals surface area contributed by atoms with Crippen molar-refractivity contribution in [3.05, 3.63) is 35.9 Å². The molecular formula is C11H10N2O3. The van der Waals surface area contributed by atoms with Crippen LogP contribution in [0, 0.1) is 0 Å². The smallest absolute Gasteiger partial charge is 0.337 e. The molecule has 0 spiro atoms. The Morgan fingerprint density at radius 1 is 1.44 bits per heavy atom. The molecule has 5 nitrogen and oxygen atoms in total. The van der Waals surface area contributed by atoms with E-state index in [2.05, 4.69) is 9.89 Å². The number of carbonyl (C=O) groups is 1. The number of hydrogen-bond acceptors (Lipinski definition) is 5. The molecular weight excluding hydrogens is 208 g/mol. The van der Waals surface area contributed by atoms with Gasteiger partial charge in [-0.3, -0.25) is 0 Å². The van der Waals surface area contributed by atoms with Crippen LogP contribution in [0.25, 0.3) is 11.3 Å². The molecule has 1 aromatic carbocycles. The highest BCUT2D eigenvalue weighted by molar-refractivity contribution is 5.90. The molecule has 0 fully saturated rings. The molecule has 0 bridgehead atoms. The lowest BCUT2D eigenvalue weighted by molar-refractivity contribution is 0.0601. The first-order chi connectivity index (χ1) is 7.70. The summed E-state index contributed by atoms with van der Waals surface area (Å²) >= 11 is 0. The minimum absolute atomic E-state index is 0.235. The number of aromatic nitrogens is 1. The number of nitrogens with zero attached hydrogens (tertiary/aromatic N) is 1. The first kappa shape index (κ1) is 10.2. The van der Waals surface area contributed by atoms with E-state index in [-0.39, 0.29) is 5.88 Å². The van der Waals surface area contributed by atoms with E-state index in [1.807, 2.05) is 6.07 Å². The quantitative estimate of drug-likeness (QED) is 0.776. The zero-order valence-electron chi connectivity index (χ0n) is 8.64. The normalized spacial score (nSPS) is 10.1. The van der Waals surface area contributed by atoms with Crippen molar-refractivity contribution in [3.63, 3.8) is 0 Å². The molecule has 0 aliphatic heterocycles.